The first kappa shape index (κ1) is 12.0. The lowest BCUT2D eigenvalue weighted by molar-refractivity contribution is 0.958. The van der Waals surface area contributed by atoms with Gasteiger partial charge in [-0.25, -0.2) is 0 Å². The molecule has 0 atom stereocenters. The van der Waals surface area contributed by atoms with Crippen LogP contribution in [0.4, 0.5) is 0 Å². The van der Waals surface area contributed by atoms with E-state index in [9.17, 15) is 0 Å². The minimum Gasteiger partial charge on any atom is -0.330 e. The summed E-state index contributed by atoms with van der Waals surface area (Å²) < 4.78 is 1.33. The highest BCUT2D eigenvalue weighted by atomic mass is 35.5. The lowest BCUT2D eigenvalue weighted by atomic mass is 10.2. The van der Waals surface area contributed by atoms with E-state index < -0.39 is 0 Å². The first-order valence-electron chi connectivity index (χ1n) is 4.99. The summed E-state index contributed by atoms with van der Waals surface area (Å²) in [5.74, 6) is 0. The van der Waals surface area contributed by atoms with Crippen LogP contribution in [0.2, 0.25) is 5.02 Å². The van der Waals surface area contributed by atoms with Crippen LogP contribution in [0, 0.1) is 0 Å². The minimum absolute atomic E-state index is 0.699. The van der Waals surface area contributed by atoms with Gasteiger partial charge in [0.15, 0.2) is 0 Å². The number of hydrogen-bond donors (Lipinski definition) is 1. The molecule has 1 heterocycles. The molecule has 0 fully saturated rings. The van der Waals surface area contributed by atoms with E-state index in [0.717, 1.165) is 11.4 Å². The van der Waals surface area contributed by atoms with Gasteiger partial charge in [-0.1, -0.05) is 23.4 Å². The molecule has 0 unspecified atom stereocenters. The van der Waals surface area contributed by atoms with E-state index in [1.54, 1.807) is 23.1 Å². The summed E-state index contributed by atoms with van der Waals surface area (Å²) in [5.41, 5.74) is 6.92. The van der Waals surface area contributed by atoms with Gasteiger partial charge in [0.25, 0.3) is 0 Å². The summed E-state index contributed by atoms with van der Waals surface area (Å²) in [7, 11) is 0. The first-order chi connectivity index (χ1) is 7.79. The van der Waals surface area contributed by atoms with Gasteiger partial charge >= 0.3 is 0 Å². The van der Waals surface area contributed by atoms with Crippen molar-refractivity contribution >= 4 is 34.7 Å². The van der Waals surface area contributed by atoms with E-state index in [0.29, 0.717) is 6.54 Å². The molecule has 16 heavy (non-hydrogen) atoms. The van der Waals surface area contributed by atoms with Crippen molar-refractivity contribution in [3.63, 3.8) is 0 Å². The second-order valence-electron chi connectivity index (χ2n) is 3.33. The third-order valence-electron chi connectivity index (χ3n) is 2.14. The summed E-state index contributed by atoms with van der Waals surface area (Å²) in [6.07, 6.45) is 0.944. The molecule has 1 aromatic heterocycles. The Morgan fingerprint density at radius 1 is 1.19 bits per heavy atom. The molecule has 0 aliphatic carbocycles. The number of thiophene rings is 1. The Balaban J connectivity index is 2.13. The zero-order chi connectivity index (χ0) is 11.4. The van der Waals surface area contributed by atoms with Gasteiger partial charge in [0.05, 0.1) is 4.21 Å². The van der Waals surface area contributed by atoms with Crippen molar-refractivity contribution in [3.8, 4) is 0 Å². The topological polar surface area (TPSA) is 26.0 Å². The summed E-state index contributed by atoms with van der Waals surface area (Å²) in [4.78, 5) is 1.21. The third-order valence-corrected chi connectivity index (χ3v) is 4.64. The Morgan fingerprint density at radius 3 is 2.62 bits per heavy atom. The van der Waals surface area contributed by atoms with Crippen molar-refractivity contribution in [2.24, 2.45) is 5.73 Å². The monoisotopic (exact) mass is 269 g/mol. The number of hydrogen-bond acceptors (Lipinski definition) is 3. The first-order valence-corrected chi connectivity index (χ1v) is 7.07. The molecule has 0 aliphatic rings. The Labute approximate surface area is 109 Å². The van der Waals surface area contributed by atoms with Crippen LogP contribution in [0.1, 0.15) is 5.56 Å². The maximum absolute atomic E-state index is 5.85. The van der Waals surface area contributed by atoms with Crippen LogP contribution < -0.4 is 5.73 Å². The van der Waals surface area contributed by atoms with E-state index >= 15 is 0 Å². The quantitative estimate of drug-likeness (QED) is 0.906. The maximum Gasteiger partial charge on any atom is 0.0678 e. The molecule has 1 nitrogen and oxygen atoms in total. The summed E-state index contributed by atoms with van der Waals surface area (Å²) in [6.45, 7) is 0.699. The minimum atomic E-state index is 0.699. The van der Waals surface area contributed by atoms with Crippen LogP contribution in [0.15, 0.2) is 44.8 Å². The van der Waals surface area contributed by atoms with E-state index in [-0.39, 0.29) is 0 Å². The predicted molar refractivity (Wildman–Crippen MR) is 72.7 cm³/mol. The van der Waals surface area contributed by atoms with Crippen molar-refractivity contribution in [3.05, 3.63) is 46.3 Å². The van der Waals surface area contributed by atoms with Crippen molar-refractivity contribution < 1.29 is 0 Å². The van der Waals surface area contributed by atoms with Gasteiger partial charge in [0.1, 0.15) is 0 Å². The Bertz CT molecular complexity index is 450. The largest absolute Gasteiger partial charge is 0.330 e. The highest BCUT2D eigenvalue weighted by molar-refractivity contribution is 8.01. The molecule has 2 rings (SSSR count). The standard InChI is InChI=1S/C12H12ClNS2/c13-10-1-3-11(4-2-10)16-12-9(5-7-14)6-8-15-12/h1-4,6,8H,5,7,14H2. The average molecular weight is 270 g/mol. The van der Waals surface area contributed by atoms with Crippen LogP contribution in [0.5, 0.6) is 0 Å². The Morgan fingerprint density at radius 2 is 1.94 bits per heavy atom. The fraction of sp³-hybridized carbons (Fsp3) is 0.167. The smallest absolute Gasteiger partial charge is 0.0678 e. The Kier molecular flexibility index (Phi) is 4.29. The van der Waals surface area contributed by atoms with Gasteiger partial charge in [-0.05, 0) is 54.2 Å². The lowest BCUT2D eigenvalue weighted by Crippen LogP contribution is -2.02. The zero-order valence-corrected chi connectivity index (χ0v) is 11.0. The molecular weight excluding hydrogens is 258 g/mol. The van der Waals surface area contributed by atoms with Crippen molar-refractivity contribution in [1.82, 2.24) is 0 Å². The van der Waals surface area contributed by atoms with E-state index in [1.807, 2.05) is 24.3 Å². The molecule has 0 saturated heterocycles. The van der Waals surface area contributed by atoms with Crippen molar-refractivity contribution in [2.75, 3.05) is 6.54 Å². The van der Waals surface area contributed by atoms with E-state index in [1.165, 1.54) is 14.7 Å². The maximum atomic E-state index is 5.85. The summed E-state index contributed by atoms with van der Waals surface area (Å²) in [6, 6.07) is 10.1. The second kappa shape index (κ2) is 5.73. The summed E-state index contributed by atoms with van der Waals surface area (Å²) in [5, 5.41) is 2.89. The van der Waals surface area contributed by atoms with E-state index in [4.69, 9.17) is 17.3 Å². The fourth-order valence-electron chi connectivity index (χ4n) is 1.36. The van der Waals surface area contributed by atoms with Crippen LogP contribution in [-0.4, -0.2) is 6.54 Å². The molecule has 0 bridgehead atoms. The van der Waals surface area contributed by atoms with Crippen LogP contribution in [-0.2, 0) is 6.42 Å². The normalized spacial score (nSPS) is 10.6. The third kappa shape index (κ3) is 3.01. The Hall–Kier alpha value is -0.480. The molecule has 0 saturated carbocycles. The second-order valence-corrected chi connectivity index (χ2v) is 6.02. The SMILES string of the molecule is NCCc1ccsc1Sc1ccc(Cl)cc1. The average Bonchev–Trinajstić information content (AvgIpc) is 2.70. The van der Waals surface area contributed by atoms with Crippen LogP contribution in [0.3, 0.4) is 0 Å². The van der Waals surface area contributed by atoms with Gasteiger partial charge in [0.2, 0.25) is 0 Å². The number of halogens is 1. The van der Waals surface area contributed by atoms with Gasteiger partial charge in [-0.15, -0.1) is 11.3 Å². The molecule has 84 valence electrons. The lowest BCUT2D eigenvalue weighted by Gasteiger charge is -2.02. The van der Waals surface area contributed by atoms with Crippen molar-refractivity contribution in [2.45, 2.75) is 15.5 Å². The van der Waals surface area contributed by atoms with Crippen molar-refractivity contribution in [1.29, 1.82) is 0 Å². The molecular formula is C12H12ClNS2. The molecule has 2 N–H and O–H groups in total. The van der Waals surface area contributed by atoms with E-state index in [2.05, 4.69) is 11.4 Å². The van der Waals surface area contributed by atoms with Gasteiger partial charge in [-0.3, -0.25) is 0 Å². The van der Waals surface area contributed by atoms with Crippen LogP contribution >= 0.6 is 34.7 Å². The van der Waals surface area contributed by atoms with Gasteiger partial charge in [-0.2, -0.15) is 0 Å². The molecule has 0 aliphatic heterocycles. The molecule has 0 spiro atoms. The fourth-order valence-corrected chi connectivity index (χ4v) is 3.60. The highest BCUT2D eigenvalue weighted by Crippen LogP contribution is 2.35. The number of nitrogens with two attached hydrogens (primary N) is 1. The molecule has 1 aromatic carbocycles. The number of rotatable bonds is 4. The summed E-state index contributed by atoms with van der Waals surface area (Å²) >= 11 is 9.39. The molecule has 4 heteroatoms. The molecule has 0 radical (unpaired) electrons. The molecule has 0 amide bonds. The molecule has 2 aromatic rings. The van der Waals surface area contributed by atoms with Crippen LogP contribution in [0.25, 0.3) is 0 Å². The predicted octanol–water partition coefficient (Wildman–Crippen LogP) is 4.05. The number of benzene rings is 1. The highest BCUT2D eigenvalue weighted by Gasteiger charge is 2.05. The van der Waals surface area contributed by atoms with Gasteiger partial charge in [0, 0.05) is 9.92 Å². The van der Waals surface area contributed by atoms with Gasteiger partial charge < -0.3 is 5.73 Å². The zero-order valence-electron chi connectivity index (χ0n) is 8.65.